The van der Waals surface area contributed by atoms with Crippen LogP contribution in [0.15, 0.2) is 24.3 Å². The van der Waals surface area contributed by atoms with Gasteiger partial charge in [0.15, 0.2) is 0 Å². The van der Waals surface area contributed by atoms with Gasteiger partial charge in [-0.1, -0.05) is 42.6 Å². The normalized spacial score (nSPS) is 17.7. The minimum atomic E-state index is -0.231. The number of aliphatic hydroxyl groups excluding tert-OH is 1. The summed E-state index contributed by atoms with van der Waals surface area (Å²) in [5, 5.41) is 10.6. The molecule has 2 heteroatoms. The summed E-state index contributed by atoms with van der Waals surface area (Å²) in [5.41, 5.74) is 1.06. The third kappa shape index (κ3) is 3.51. The van der Waals surface area contributed by atoms with Gasteiger partial charge >= 0.3 is 0 Å². The number of halogens is 1. The Kier molecular flexibility index (Phi) is 3.66. The van der Waals surface area contributed by atoms with Crippen molar-refractivity contribution in [2.45, 2.75) is 38.2 Å². The molecule has 1 nitrogen and oxygen atoms in total. The Hall–Kier alpha value is -0.530. The van der Waals surface area contributed by atoms with Crippen molar-refractivity contribution in [3.05, 3.63) is 34.9 Å². The van der Waals surface area contributed by atoms with Gasteiger partial charge in [-0.15, -0.1) is 0 Å². The lowest BCUT2D eigenvalue weighted by Gasteiger charge is -2.11. The summed E-state index contributed by atoms with van der Waals surface area (Å²) in [7, 11) is 0. The van der Waals surface area contributed by atoms with E-state index in [0.29, 0.717) is 6.42 Å². The van der Waals surface area contributed by atoms with Crippen LogP contribution in [0.4, 0.5) is 0 Å². The van der Waals surface area contributed by atoms with E-state index in [2.05, 4.69) is 0 Å². The molecule has 2 rings (SSSR count). The lowest BCUT2D eigenvalue weighted by Crippen LogP contribution is -2.10. The van der Waals surface area contributed by atoms with Crippen molar-refractivity contribution in [2.24, 2.45) is 5.92 Å². The van der Waals surface area contributed by atoms with Crippen LogP contribution in [0.1, 0.15) is 31.2 Å². The molecule has 1 unspecified atom stereocenters. The van der Waals surface area contributed by atoms with E-state index in [1.807, 2.05) is 24.3 Å². The average Bonchev–Trinajstić information content (AvgIpc) is 3.02. The third-order valence-corrected chi connectivity index (χ3v) is 3.39. The maximum atomic E-state index is 9.85. The van der Waals surface area contributed by atoms with Crippen LogP contribution in [0.5, 0.6) is 0 Å². The van der Waals surface area contributed by atoms with Gasteiger partial charge < -0.3 is 5.11 Å². The smallest absolute Gasteiger partial charge is 0.0581 e. The molecular weight excluding hydrogens is 208 g/mol. The van der Waals surface area contributed by atoms with Crippen LogP contribution in [0.2, 0.25) is 5.02 Å². The number of hydrogen-bond donors (Lipinski definition) is 1. The van der Waals surface area contributed by atoms with Gasteiger partial charge in [0.2, 0.25) is 0 Å². The fourth-order valence-corrected chi connectivity index (χ4v) is 2.07. The van der Waals surface area contributed by atoms with Crippen LogP contribution in [0.3, 0.4) is 0 Å². The van der Waals surface area contributed by atoms with E-state index in [4.69, 9.17) is 11.6 Å². The molecule has 82 valence electrons. The summed E-state index contributed by atoms with van der Waals surface area (Å²) >= 11 is 6.03. The molecule has 15 heavy (non-hydrogen) atoms. The monoisotopic (exact) mass is 224 g/mol. The first-order valence-electron chi connectivity index (χ1n) is 5.67. The van der Waals surface area contributed by atoms with Gasteiger partial charge in [-0.05, 0) is 36.8 Å². The van der Waals surface area contributed by atoms with Crippen molar-refractivity contribution >= 4 is 11.6 Å². The second-order valence-electron chi connectivity index (χ2n) is 4.47. The lowest BCUT2D eigenvalue weighted by molar-refractivity contribution is 0.160. The van der Waals surface area contributed by atoms with Crippen molar-refractivity contribution in [3.8, 4) is 0 Å². The highest BCUT2D eigenvalue weighted by Gasteiger charge is 2.22. The number of benzene rings is 1. The number of aliphatic hydroxyl groups is 1. The summed E-state index contributed by atoms with van der Waals surface area (Å²) in [4.78, 5) is 0. The van der Waals surface area contributed by atoms with E-state index in [9.17, 15) is 5.11 Å². The van der Waals surface area contributed by atoms with Gasteiger partial charge in [-0.3, -0.25) is 0 Å². The Labute approximate surface area is 96.1 Å². The van der Waals surface area contributed by atoms with E-state index < -0.39 is 0 Å². The molecule has 0 bridgehead atoms. The summed E-state index contributed by atoms with van der Waals surface area (Å²) < 4.78 is 0. The molecule has 1 N–H and O–H groups in total. The van der Waals surface area contributed by atoms with Crippen molar-refractivity contribution < 1.29 is 5.11 Å². The highest BCUT2D eigenvalue weighted by atomic mass is 35.5. The highest BCUT2D eigenvalue weighted by molar-refractivity contribution is 6.31. The maximum absolute atomic E-state index is 9.85. The lowest BCUT2D eigenvalue weighted by atomic mass is 10.0. The standard InChI is InChI=1S/C13H17ClO/c14-13-4-2-1-3-11(13)9-12(15)8-7-10-5-6-10/h1-4,10,12,15H,5-9H2. The van der Waals surface area contributed by atoms with Crippen LogP contribution in [-0.2, 0) is 6.42 Å². The Morgan fingerprint density at radius 1 is 1.33 bits per heavy atom. The first kappa shape index (κ1) is 11.0. The molecule has 0 aliphatic heterocycles. The Morgan fingerprint density at radius 3 is 2.73 bits per heavy atom. The van der Waals surface area contributed by atoms with Crippen LogP contribution in [0, 0.1) is 5.92 Å². The maximum Gasteiger partial charge on any atom is 0.0581 e. The van der Waals surface area contributed by atoms with Crippen molar-refractivity contribution in [2.75, 3.05) is 0 Å². The van der Waals surface area contributed by atoms with E-state index in [0.717, 1.165) is 22.9 Å². The van der Waals surface area contributed by atoms with E-state index in [-0.39, 0.29) is 6.10 Å². The van der Waals surface area contributed by atoms with E-state index in [1.54, 1.807) is 0 Å². The zero-order chi connectivity index (χ0) is 10.7. The SMILES string of the molecule is OC(CCC1CC1)Cc1ccccc1Cl. The number of hydrogen-bond acceptors (Lipinski definition) is 1. The Balaban J connectivity index is 1.81. The predicted octanol–water partition coefficient (Wildman–Crippen LogP) is 3.43. The van der Waals surface area contributed by atoms with Crippen LogP contribution in [-0.4, -0.2) is 11.2 Å². The molecular formula is C13H17ClO. The summed E-state index contributed by atoms with van der Waals surface area (Å²) in [5.74, 6) is 0.894. The van der Waals surface area contributed by atoms with Gasteiger partial charge in [0, 0.05) is 5.02 Å². The second kappa shape index (κ2) is 5.00. The molecule has 1 atom stereocenters. The van der Waals surface area contributed by atoms with Gasteiger partial charge in [-0.2, -0.15) is 0 Å². The van der Waals surface area contributed by atoms with Gasteiger partial charge in [0.25, 0.3) is 0 Å². The Morgan fingerprint density at radius 2 is 2.07 bits per heavy atom. The molecule has 1 saturated carbocycles. The second-order valence-corrected chi connectivity index (χ2v) is 4.88. The molecule has 0 radical (unpaired) electrons. The molecule has 0 heterocycles. The number of rotatable bonds is 5. The first-order chi connectivity index (χ1) is 7.25. The van der Waals surface area contributed by atoms with Crippen molar-refractivity contribution in [3.63, 3.8) is 0 Å². The molecule has 0 aromatic heterocycles. The molecule has 1 aliphatic rings. The summed E-state index contributed by atoms with van der Waals surface area (Å²) in [6, 6.07) is 7.75. The van der Waals surface area contributed by atoms with E-state index >= 15 is 0 Å². The van der Waals surface area contributed by atoms with Crippen molar-refractivity contribution in [1.82, 2.24) is 0 Å². The van der Waals surface area contributed by atoms with Gasteiger partial charge in [-0.25, -0.2) is 0 Å². The highest BCUT2D eigenvalue weighted by Crippen LogP contribution is 2.34. The fraction of sp³-hybridized carbons (Fsp3) is 0.538. The fourth-order valence-electron chi connectivity index (χ4n) is 1.85. The van der Waals surface area contributed by atoms with Crippen LogP contribution >= 0.6 is 11.6 Å². The predicted molar refractivity (Wildman–Crippen MR) is 63.1 cm³/mol. The summed E-state index contributed by atoms with van der Waals surface area (Å²) in [6.07, 6.45) is 5.26. The molecule has 1 aromatic rings. The average molecular weight is 225 g/mol. The Bertz CT molecular complexity index is 320. The topological polar surface area (TPSA) is 20.2 Å². The van der Waals surface area contributed by atoms with E-state index in [1.165, 1.54) is 19.3 Å². The van der Waals surface area contributed by atoms with Crippen LogP contribution < -0.4 is 0 Å². The first-order valence-corrected chi connectivity index (χ1v) is 6.05. The zero-order valence-electron chi connectivity index (χ0n) is 8.82. The zero-order valence-corrected chi connectivity index (χ0v) is 9.58. The minimum absolute atomic E-state index is 0.231. The molecule has 1 fully saturated rings. The quantitative estimate of drug-likeness (QED) is 0.813. The van der Waals surface area contributed by atoms with Crippen molar-refractivity contribution in [1.29, 1.82) is 0 Å². The van der Waals surface area contributed by atoms with Crippen LogP contribution in [0.25, 0.3) is 0 Å². The molecule has 0 spiro atoms. The molecule has 0 amide bonds. The largest absolute Gasteiger partial charge is 0.393 e. The molecule has 1 aliphatic carbocycles. The van der Waals surface area contributed by atoms with Gasteiger partial charge in [0.05, 0.1) is 6.10 Å². The molecule has 0 saturated heterocycles. The van der Waals surface area contributed by atoms with Gasteiger partial charge in [0.1, 0.15) is 0 Å². The summed E-state index contributed by atoms with van der Waals surface area (Å²) in [6.45, 7) is 0. The minimum Gasteiger partial charge on any atom is -0.393 e. The molecule has 1 aromatic carbocycles. The third-order valence-electron chi connectivity index (χ3n) is 3.02.